The maximum atomic E-state index is 11.6. The van der Waals surface area contributed by atoms with Crippen LogP contribution in [0.15, 0.2) is 23.8 Å². The molecule has 2 atom stereocenters. The van der Waals surface area contributed by atoms with E-state index in [-0.39, 0.29) is 17.5 Å². The summed E-state index contributed by atoms with van der Waals surface area (Å²) < 4.78 is 0. The van der Waals surface area contributed by atoms with Crippen molar-refractivity contribution in [1.82, 2.24) is 5.32 Å². The summed E-state index contributed by atoms with van der Waals surface area (Å²) in [5.41, 5.74) is 2.08. The SMILES string of the molecule is O=C1CC=C2C(CCN[C@H]2Cc2cc(O)c(O)cc2Cl)C1. The van der Waals surface area contributed by atoms with E-state index in [1.54, 1.807) is 0 Å². The van der Waals surface area contributed by atoms with Crippen molar-refractivity contribution in [2.45, 2.75) is 31.7 Å². The maximum Gasteiger partial charge on any atom is 0.158 e. The fourth-order valence-corrected chi connectivity index (χ4v) is 3.52. The highest BCUT2D eigenvalue weighted by molar-refractivity contribution is 6.31. The monoisotopic (exact) mass is 307 g/mol. The second kappa shape index (κ2) is 5.70. The van der Waals surface area contributed by atoms with E-state index in [0.29, 0.717) is 36.0 Å². The molecule has 0 amide bonds. The van der Waals surface area contributed by atoms with E-state index in [1.165, 1.54) is 17.7 Å². The zero-order chi connectivity index (χ0) is 15.0. The lowest BCUT2D eigenvalue weighted by molar-refractivity contribution is -0.119. The summed E-state index contributed by atoms with van der Waals surface area (Å²) in [4.78, 5) is 11.6. The Kier molecular flexibility index (Phi) is 3.91. The van der Waals surface area contributed by atoms with Crippen LogP contribution in [0.1, 0.15) is 24.8 Å². The Morgan fingerprint density at radius 2 is 2.05 bits per heavy atom. The average molecular weight is 308 g/mol. The number of phenolic OH excluding ortho intramolecular Hbond substituents is 2. The maximum absolute atomic E-state index is 11.6. The highest BCUT2D eigenvalue weighted by Gasteiger charge is 2.31. The van der Waals surface area contributed by atoms with Crippen molar-refractivity contribution < 1.29 is 15.0 Å². The van der Waals surface area contributed by atoms with Gasteiger partial charge in [0.05, 0.1) is 0 Å². The van der Waals surface area contributed by atoms with Crippen LogP contribution in [0.5, 0.6) is 11.5 Å². The van der Waals surface area contributed by atoms with Crippen LogP contribution < -0.4 is 5.32 Å². The molecule has 3 rings (SSSR count). The second-order valence-corrected chi connectivity index (χ2v) is 6.19. The van der Waals surface area contributed by atoms with Gasteiger partial charge >= 0.3 is 0 Å². The molecule has 1 aromatic carbocycles. The Morgan fingerprint density at radius 3 is 2.86 bits per heavy atom. The van der Waals surface area contributed by atoms with E-state index in [1.807, 2.05) is 6.08 Å². The number of fused-ring (bicyclic) bond motifs is 1. The number of nitrogens with one attached hydrogen (secondary N) is 1. The lowest BCUT2D eigenvalue weighted by Crippen LogP contribution is -2.43. The second-order valence-electron chi connectivity index (χ2n) is 5.78. The molecule has 0 saturated carbocycles. The van der Waals surface area contributed by atoms with Crippen molar-refractivity contribution in [2.75, 3.05) is 6.54 Å². The van der Waals surface area contributed by atoms with E-state index in [0.717, 1.165) is 18.5 Å². The Balaban J connectivity index is 1.84. The van der Waals surface area contributed by atoms with Crippen molar-refractivity contribution in [1.29, 1.82) is 0 Å². The number of hydrogen-bond acceptors (Lipinski definition) is 4. The Morgan fingerprint density at radius 1 is 1.29 bits per heavy atom. The Bertz CT molecular complexity index is 612. The van der Waals surface area contributed by atoms with E-state index < -0.39 is 0 Å². The van der Waals surface area contributed by atoms with Gasteiger partial charge in [0.15, 0.2) is 11.5 Å². The van der Waals surface area contributed by atoms with Crippen LogP contribution in [0, 0.1) is 5.92 Å². The fraction of sp³-hybridized carbons (Fsp3) is 0.438. The van der Waals surface area contributed by atoms with Gasteiger partial charge in [0.1, 0.15) is 5.78 Å². The van der Waals surface area contributed by atoms with Gasteiger partial charge in [-0.15, -0.1) is 0 Å². The standard InChI is InChI=1S/C16H18ClNO3/c17-13-8-16(21)15(20)7-10(13)6-14-12-2-1-11(19)5-9(12)3-4-18-14/h2,7-9,14,18,20-21H,1,3-6H2/t9?,14-/m0/s1. The van der Waals surface area contributed by atoms with Crippen molar-refractivity contribution in [3.63, 3.8) is 0 Å². The number of hydrogen-bond donors (Lipinski definition) is 3. The van der Waals surface area contributed by atoms with Crippen LogP contribution in [-0.2, 0) is 11.2 Å². The minimum Gasteiger partial charge on any atom is -0.504 e. The predicted molar refractivity (Wildman–Crippen MR) is 80.7 cm³/mol. The van der Waals surface area contributed by atoms with Gasteiger partial charge in [0, 0.05) is 30.0 Å². The molecular weight excluding hydrogens is 290 g/mol. The van der Waals surface area contributed by atoms with Gasteiger partial charge in [-0.25, -0.2) is 0 Å². The molecule has 1 aromatic rings. The lowest BCUT2D eigenvalue weighted by Gasteiger charge is -2.36. The zero-order valence-corrected chi connectivity index (χ0v) is 12.4. The van der Waals surface area contributed by atoms with Crippen molar-refractivity contribution in [2.24, 2.45) is 5.92 Å². The van der Waals surface area contributed by atoms with Gasteiger partial charge in [-0.05, 0) is 36.9 Å². The number of phenols is 2. The van der Waals surface area contributed by atoms with E-state index in [2.05, 4.69) is 5.32 Å². The topological polar surface area (TPSA) is 69.6 Å². The third-order valence-corrected chi connectivity index (χ3v) is 4.72. The van der Waals surface area contributed by atoms with E-state index in [4.69, 9.17) is 11.6 Å². The van der Waals surface area contributed by atoms with E-state index >= 15 is 0 Å². The molecule has 1 aliphatic carbocycles. The Hall–Kier alpha value is -1.52. The first kappa shape index (κ1) is 14.4. The van der Waals surface area contributed by atoms with Gasteiger partial charge in [-0.2, -0.15) is 0 Å². The first-order valence-electron chi connectivity index (χ1n) is 7.20. The fourth-order valence-electron chi connectivity index (χ4n) is 3.28. The molecule has 1 aliphatic heterocycles. The van der Waals surface area contributed by atoms with Crippen LogP contribution >= 0.6 is 11.6 Å². The van der Waals surface area contributed by atoms with Crippen LogP contribution in [0.4, 0.5) is 0 Å². The van der Waals surface area contributed by atoms with Gasteiger partial charge in [0.25, 0.3) is 0 Å². The molecule has 2 aliphatic rings. The van der Waals surface area contributed by atoms with Crippen molar-refractivity contribution in [3.8, 4) is 11.5 Å². The molecule has 3 N–H and O–H groups in total. The lowest BCUT2D eigenvalue weighted by atomic mass is 9.77. The molecule has 0 radical (unpaired) electrons. The van der Waals surface area contributed by atoms with Crippen LogP contribution in [0.2, 0.25) is 5.02 Å². The van der Waals surface area contributed by atoms with Crippen molar-refractivity contribution >= 4 is 17.4 Å². The molecule has 0 spiro atoms. The summed E-state index contributed by atoms with van der Waals surface area (Å²) in [5, 5.41) is 23.0. The average Bonchev–Trinajstić information content (AvgIpc) is 2.44. The number of aromatic hydroxyl groups is 2. The highest BCUT2D eigenvalue weighted by atomic mass is 35.5. The van der Waals surface area contributed by atoms with Gasteiger partial charge in [-0.3, -0.25) is 4.79 Å². The first-order valence-corrected chi connectivity index (χ1v) is 7.57. The largest absolute Gasteiger partial charge is 0.504 e. The number of rotatable bonds is 2. The quantitative estimate of drug-likeness (QED) is 0.580. The number of allylic oxidation sites excluding steroid dienone is 1. The minimum atomic E-state index is -0.208. The Labute approximate surface area is 128 Å². The molecule has 1 heterocycles. The summed E-state index contributed by atoms with van der Waals surface area (Å²) in [6.45, 7) is 0.877. The number of halogens is 1. The summed E-state index contributed by atoms with van der Waals surface area (Å²) in [7, 11) is 0. The molecule has 0 bridgehead atoms. The summed E-state index contributed by atoms with van der Waals surface area (Å²) >= 11 is 6.15. The number of piperidine rings is 1. The third-order valence-electron chi connectivity index (χ3n) is 4.36. The summed E-state index contributed by atoms with van der Waals surface area (Å²) in [5.74, 6) is 0.280. The van der Waals surface area contributed by atoms with Gasteiger partial charge in [0.2, 0.25) is 0 Å². The normalized spacial score (nSPS) is 25.4. The third kappa shape index (κ3) is 2.92. The molecule has 112 valence electrons. The van der Waals surface area contributed by atoms with Crippen molar-refractivity contribution in [3.05, 3.63) is 34.4 Å². The number of ketones is 1. The smallest absolute Gasteiger partial charge is 0.158 e. The summed E-state index contributed by atoms with van der Waals surface area (Å²) in [6, 6.07) is 3.02. The van der Waals surface area contributed by atoms with Crippen LogP contribution in [0.25, 0.3) is 0 Å². The molecular formula is C16H18ClNO3. The first-order chi connectivity index (χ1) is 10.0. The summed E-state index contributed by atoms with van der Waals surface area (Å²) in [6.07, 6.45) is 4.82. The molecule has 0 aromatic heterocycles. The minimum absolute atomic E-state index is 0.137. The zero-order valence-electron chi connectivity index (χ0n) is 11.6. The highest BCUT2D eigenvalue weighted by Crippen LogP contribution is 2.36. The number of benzene rings is 1. The molecule has 5 heteroatoms. The van der Waals surface area contributed by atoms with Crippen LogP contribution in [0.3, 0.4) is 0 Å². The van der Waals surface area contributed by atoms with Gasteiger partial charge in [-0.1, -0.05) is 23.3 Å². The van der Waals surface area contributed by atoms with Gasteiger partial charge < -0.3 is 15.5 Å². The molecule has 1 saturated heterocycles. The molecule has 21 heavy (non-hydrogen) atoms. The van der Waals surface area contributed by atoms with E-state index in [9.17, 15) is 15.0 Å². The number of carbonyl (C=O) groups excluding carboxylic acids is 1. The molecule has 1 unspecified atom stereocenters. The number of Topliss-reactive ketones (excluding diaryl/α,β-unsaturated/α-hetero) is 1. The molecule has 1 fully saturated rings. The molecule has 4 nitrogen and oxygen atoms in total. The predicted octanol–water partition coefficient (Wildman–Crippen LogP) is 2.56. The van der Waals surface area contributed by atoms with Crippen LogP contribution in [-0.4, -0.2) is 28.6 Å². The number of carbonyl (C=O) groups is 1.